The Morgan fingerprint density at radius 1 is 0.327 bits per heavy atom. The van der Waals surface area contributed by atoms with E-state index in [1.165, 1.54) is 10.8 Å². The minimum absolute atomic E-state index is 0.590. The first-order chi connectivity index (χ1) is 27.2. The van der Waals surface area contributed by atoms with Gasteiger partial charge >= 0.3 is 0 Å². The average molecular weight is 700 g/mol. The second-order valence-corrected chi connectivity index (χ2v) is 14.0. The maximum atomic E-state index is 10.4. The fourth-order valence-corrected chi connectivity index (χ4v) is 8.73. The van der Waals surface area contributed by atoms with E-state index in [4.69, 9.17) is 0 Å². The highest BCUT2D eigenvalue weighted by atomic mass is 15.1. The van der Waals surface area contributed by atoms with Gasteiger partial charge in [-0.05, 0) is 90.0 Å². The molecule has 0 aliphatic carbocycles. The maximum absolute atomic E-state index is 10.4. The molecule has 0 amide bonds. The van der Waals surface area contributed by atoms with Crippen molar-refractivity contribution >= 4 is 65.4 Å². The van der Waals surface area contributed by atoms with E-state index in [2.05, 4.69) is 159 Å². The number of fused-ring (bicyclic) bond motifs is 9. The number of hydrogen-bond acceptors (Lipinski definition) is 2. The van der Waals surface area contributed by atoms with Crippen molar-refractivity contribution in [1.82, 2.24) is 13.7 Å². The molecule has 3 heterocycles. The minimum atomic E-state index is 0.590. The Labute approximate surface area is 316 Å². The molecule has 0 aliphatic heterocycles. The van der Waals surface area contributed by atoms with Crippen molar-refractivity contribution < 1.29 is 0 Å². The summed E-state index contributed by atoms with van der Waals surface area (Å²) in [4.78, 5) is 0. The largest absolute Gasteiger partial charge is 0.309 e. The number of rotatable bonds is 4. The first-order valence-electron chi connectivity index (χ1n) is 18.3. The molecule has 0 fully saturated rings. The van der Waals surface area contributed by atoms with Crippen LogP contribution in [0.15, 0.2) is 176 Å². The molecular weight excluding hydrogens is 671 g/mol. The van der Waals surface area contributed by atoms with Crippen molar-refractivity contribution in [1.29, 1.82) is 10.5 Å². The van der Waals surface area contributed by atoms with Crippen LogP contribution in [0.25, 0.3) is 93.6 Å². The molecule has 0 spiro atoms. The maximum Gasteiger partial charge on any atom is 0.0992 e. The van der Waals surface area contributed by atoms with Gasteiger partial charge in [-0.2, -0.15) is 10.5 Å². The van der Waals surface area contributed by atoms with Crippen LogP contribution < -0.4 is 0 Å². The van der Waals surface area contributed by atoms with E-state index < -0.39 is 0 Å². The van der Waals surface area contributed by atoms with Gasteiger partial charge in [0.1, 0.15) is 0 Å². The summed E-state index contributed by atoms with van der Waals surface area (Å²) < 4.78 is 6.96. The lowest BCUT2D eigenvalue weighted by Gasteiger charge is -2.16. The topological polar surface area (TPSA) is 62.4 Å². The molecule has 3 aromatic heterocycles. The second kappa shape index (κ2) is 11.8. The smallest absolute Gasteiger partial charge is 0.0992 e. The number of hydrogen-bond donors (Lipinski definition) is 0. The third kappa shape index (κ3) is 4.51. The Hall–Kier alpha value is -7.86. The number of para-hydroxylation sites is 5. The Morgan fingerprint density at radius 3 is 1.49 bits per heavy atom. The van der Waals surface area contributed by atoms with Crippen LogP contribution >= 0.6 is 0 Å². The van der Waals surface area contributed by atoms with Gasteiger partial charge in [-0.3, -0.25) is 0 Å². The van der Waals surface area contributed by atoms with E-state index in [1.807, 2.05) is 42.5 Å². The summed E-state index contributed by atoms with van der Waals surface area (Å²) in [5.74, 6) is 0. The van der Waals surface area contributed by atoms with Crippen LogP contribution in [-0.4, -0.2) is 13.7 Å². The van der Waals surface area contributed by atoms with Crippen LogP contribution in [0.3, 0.4) is 0 Å². The summed E-state index contributed by atoms with van der Waals surface area (Å²) >= 11 is 0. The lowest BCUT2D eigenvalue weighted by molar-refractivity contribution is 1.13. The third-order valence-corrected chi connectivity index (χ3v) is 11.1. The highest BCUT2D eigenvalue weighted by molar-refractivity contribution is 6.15. The van der Waals surface area contributed by atoms with Crippen LogP contribution in [0.5, 0.6) is 0 Å². The minimum Gasteiger partial charge on any atom is -0.309 e. The van der Waals surface area contributed by atoms with Crippen LogP contribution in [0.2, 0.25) is 0 Å². The zero-order valence-corrected chi connectivity index (χ0v) is 29.5. The molecule has 0 saturated carbocycles. The van der Waals surface area contributed by atoms with Gasteiger partial charge in [-0.25, -0.2) is 0 Å². The number of aromatic nitrogens is 3. The van der Waals surface area contributed by atoms with Crippen LogP contribution in [-0.2, 0) is 0 Å². The van der Waals surface area contributed by atoms with Gasteiger partial charge < -0.3 is 13.7 Å². The quantitative estimate of drug-likeness (QED) is 0.184. The molecular formula is C50H29N5. The first-order valence-corrected chi connectivity index (χ1v) is 18.3. The van der Waals surface area contributed by atoms with Gasteiger partial charge in [-0.1, -0.05) is 97.1 Å². The van der Waals surface area contributed by atoms with Crippen molar-refractivity contribution in [3.8, 4) is 40.3 Å². The molecule has 0 radical (unpaired) electrons. The molecule has 5 nitrogen and oxygen atoms in total. The van der Waals surface area contributed by atoms with Crippen molar-refractivity contribution in [3.63, 3.8) is 0 Å². The molecule has 0 N–H and O–H groups in total. The number of benzene rings is 8. The number of nitriles is 2. The molecule has 254 valence electrons. The van der Waals surface area contributed by atoms with Crippen molar-refractivity contribution in [2.75, 3.05) is 0 Å². The Bertz CT molecular complexity index is 3400. The first kappa shape index (κ1) is 30.7. The molecule has 0 bridgehead atoms. The molecule has 55 heavy (non-hydrogen) atoms. The molecule has 11 aromatic rings. The van der Waals surface area contributed by atoms with Crippen LogP contribution in [0, 0.1) is 22.7 Å². The summed E-state index contributed by atoms with van der Waals surface area (Å²) in [6.45, 7) is 0. The molecule has 0 unspecified atom stereocenters. The highest BCUT2D eigenvalue weighted by Gasteiger charge is 2.21. The van der Waals surface area contributed by atoms with E-state index in [0.29, 0.717) is 11.1 Å². The lowest BCUT2D eigenvalue weighted by atomic mass is 10.0. The summed E-state index contributed by atoms with van der Waals surface area (Å²) in [5.41, 5.74) is 12.8. The number of nitrogens with zero attached hydrogens (tertiary/aromatic N) is 5. The summed E-state index contributed by atoms with van der Waals surface area (Å²) in [5, 5.41) is 26.9. The lowest BCUT2D eigenvalue weighted by Crippen LogP contribution is -2.01. The predicted molar refractivity (Wildman–Crippen MR) is 224 cm³/mol. The zero-order chi connectivity index (χ0) is 36.6. The Kier molecular flexibility index (Phi) is 6.61. The van der Waals surface area contributed by atoms with Crippen LogP contribution in [0.4, 0.5) is 0 Å². The molecule has 5 heteroatoms. The second-order valence-electron chi connectivity index (χ2n) is 14.0. The summed E-state index contributed by atoms with van der Waals surface area (Å²) in [6.07, 6.45) is 0. The van der Waals surface area contributed by atoms with Crippen molar-refractivity contribution in [2.45, 2.75) is 0 Å². The monoisotopic (exact) mass is 699 g/mol. The van der Waals surface area contributed by atoms with E-state index >= 15 is 0 Å². The molecule has 0 aliphatic rings. The molecule has 0 atom stereocenters. The Morgan fingerprint density at radius 2 is 0.855 bits per heavy atom. The van der Waals surface area contributed by atoms with E-state index in [-0.39, 0.29) is 0 Å². The highest BCUT2D eigenvalue weighted by Crippen LogP contribution is 2.40. The SMILES string of the molecule is N#Cc1cc(-c2ccc(-n3c4ccccc4c4cc(C#N)ccc43)cc2)cc(-n2c3ccccc3c3cccc(-n4c5ccccc5c5ccccc54)c32)c1. The van der Waals surface area contributed by atoms with Crippen LogP contribution in [0.1, 0.15) is 11.1 Å². The van der Waals surface area contributed by atoms with Gasteiger partial charge in [0.25, 0.3) is 0 Å². The summed E-state index contributed by atoms with van der Waals surface area (Å²) in [6, 6.07) is 66.0. The fourth-order valence-electron chi connectivity index (χ4n) is 8.73. The van der Waals surface area contributed by atoms with Gasteiger partial charge in [0, 0.05) is 43.7 Å². The zero-order valence-electron chi connectivity index (χ0n) is 29.5. The molecule has 0 saturated heterocycles. The molecule has 8 aromatic carbocycles. The van der Waals surface area contributed by atoms with E-state index in [9.17, 15) is 10.5 Å². The molecule has 11 rings (SSSR count). The normalized spacial score (nSPS) is 11.6. The standard InChI is InChI=1S/C50H29N5/c51-30-32-20-25-48-43(28-32)41-13-4-5-15-44(41)53(48)36-23-21-34(22-24-36)35-26-33(31-52)27-37(29-35)54-45-16-6-3-12-40(45)42-14-9-19-49(50(42)54)55-46-17-7-1-10-38(46)39-11-2-8-18-47(39)55/h1-29H. The Balaban J connectivity index is 1.12. The van der Waals surface area contributed by atoms with Gasteiger partial charge in [0.2, 0.25) is 0 Å². The van der Waals surface area contributed by atoms with Crippen molar-refractivity contribution in [3.05, 3.63) is 187 Å². The fraction of sp³-hybridized carbons (Fsp3) is 0. The van der Waals surface area contributed by atoms with E-state index in [0.717, 1.165) is 82.8 Å². The van der Waals surface area contributed by atoms with Gasteiger partial charge in [0.15, 0.2) is 0 Å². The average Bonchev–Trinajstić information content (AvgIpc) is 3.89. The predicted octanol–water partition coefficient (Wildman–Crippen LogP) is 12.4. The van der Waals surface area contributed by atoms with Gasteiger partial charge in [-0.15, -0.1) is 0 Å². The van der Waals surface area contributed by atoms with E-state index in [1.54, 1.807) is 0 Å². The van der Waals surface area contributed by atoms with Crippen molar-refractivity contribution in [2.24, 2.45) is 0 Å². The van der Waals surface area contributed by atoms with Gasteiger partial charge in [0.05, 0.1) is 62.1 Å². The summed E-state index contributed by atoms with van der Waals surface area (Å²) in [7, 11) is 0. The third-order valence-electron chi connectivity index (χ3n) is 11.1.